The lowest BCUT2D eigenvalue weighted by molar-refractivity contribution is 0.00578. The van der Waals surface area contributed by atoms with E-state index >= 15 is 4.39 Å². The van der Waals surface area contributed by atoms with E-state index in [2.05, 4.69) is 52.5 Å². The maximum atomic E-state index is 15.7. The van der Waals surface area contributed by atoms with Gasteiger partial charge in [0.1, 0.15) is 11.6 Å². The van der Waals surface area contributed by atoms with Crippen LogP contribution in [0.5, 0.6) is 5.75 Å². The van der Waals surface area contributed by atoms with E-state index in [1.807, 2.05) is 34.6 Å². The highest BCUT2D eigenvalue weighted by Gasteiger charge is 2.52. The van der Waals surface area contributed by atoms with Gasteiger partial charge < -0.3 is 18.8 Å². The molecular formula is C33H48BFO4. The molecule has 2 aromatic rings. The Balaban J connectivity index is 2.36. The molecule has 0 N–H and O–H groups in total. The van der Waals surface area contributed by atoms with Crippen molar-refractivity contribution in [3.05, 3.63) is 59.4 Å². The monoisotopic (exact) mass is 538 g/mol. The molecule has 0 saturated carbocycles. The van der Waals surface area contributed by atoms with Gasteiger partial charge in [0, 0.05) is 23.7 Å². The van der Waals surface area contributed by atoms with Crippen molar-refractivity contribution in [3.8, 4) is 16.9 Å². The summed E-state index contributed by atoms with van der Waals surface area (Å²) in [5, 5.41) is 0. The molecule has 1 atom stereocenters. The highest BCUT2D eigenvalue weighted by Crippen LogP contribution is 2.47. The molecule has 0 bridgehead atoms. The number of methoxy groups -OCH3 is 1. The highest BCUT2D eigenvalue weighted by atomic mass is 19.1. The number of hydrogen-bond acceptors (Lipinski definition) is 4. The van der Waals surface area contributed by atoms with Crippen molar-refractivity contribution < 1.29 is 23.2 Å². The molecule has 4 nitrogen and oxygen atoms in total. The van der Waals surface area contributed by atoms with Gasteiger partial charge in [-0.2, -0.15) is 0 Å². The van der Waals surface area contributed by atoms with Crippen LogP contribution in [0.25, 0.3) is 11.1 Å². The summed E-state index contributed by atoms with van der Waals surface area (Å²) in [7, 11) is 0.996. The third-order valence-electron chi connectivity index (χ3n) is 8.53. The molecule has 1 fully saturated rings. The molecular weight excluding hydrogens is 490 g/mol. The Hall–Kier alpha value is -2.15. The van der Waals surface area contributed by atoms with Crippen LogP contribution in [0, 0.1) is 5.82 Å². The molecule has 2 aromatic carbocycles. The van der Waals surface area contributed by atoms with Crippen LogP contribution in [0.2, 0.25) is 0 Å². The SMILES string of the molecule is C=C(C)CC(CC)(CCC)c1cc(F)cc(-c2ccc(C(C)C)cc2B2OC(C)(C)C(C)(C)O2)c1OCOC. The number of allylic oxidation sites excluding steroid dienone is 1. The number of hydrogen-bond donors (Lipinski definition) is 0. The molecule has 6 heteroatoms. The van der Waals surface area contributed by atoms with Gasteiger partial charge in [-0.1, -0.05) is 57.9 Å². The van der Waals surface area contributed by atoms with Gasteiger partial charge in [0.15, 0.2) is 6.79 Å². The zero-order valence-electron chi connectivity index (χ0n) is 25.8. The minimum absolute atomic E-state index is 0.0561. The second-order valence-electron chi connectivity index (χ2n) is 12.5. The van der Waals surface area contributed by atoms with Crippen molar-refractivity contribution in [3.63, 3.8) is 0 Å². The summed E-state index contributed by atoms with van der Waals surface area (Å²) in [6.45, 7) is 23.1. The van der Waals surface area contributed by atoms with Crippen molar-refractivity contribution in [2.24, 2.45) is 0 Å². The van der Waals surface area contributed by atoms with Gasteiger partial charge >= 0.3 is 7.12 Å². The first-order chi connectivity index (χ1) is 18.2. The molecule has 0 radical (unpaired) electrons. The Morgan fingerprint density at radius 2 is 1.69 bits per heavy atom. The molecule has 0 spiro atoms. The normalized spacial score (nSPS) is 17.9. The third-order valence-corrected chi connectivity index (χ3v) is 8.53. The molecule has 1 unspecified atom stereocenters. The van der Waals surface area contributed by atoms with Crippen LogP contribution in [0.15, 0.2) is 42.5 Å². The maximum absolute atomic E-state index is 15.7. The van der Waals surface area contributed by atoms with Gasteiger partial charge in [-0.3, -0.25) is 0 Å². The van der Waals surface area contributed by atoms with E-state index < -0.39 is 18.3 Å². The summed E-state index contributed by atoms with van der Waals surface area (Å²) in [5.74, 6) is 0.651. The van der Waals surface area contributed by atoms with E-state index in [1.54, 1.807) is 19.2 Å². The Labute approximate surface area is 236 Å². The fourth-order valence-electron chi connectivity index (χ4n) is 5.68. The Kier molecular flexibility index (Phi) is 9.78. The lowest BCUT2D eigenvalue weighted by atomic mass is 9.68. The lowest BCUT2D eigenvalue weighted by Gasteiger charge is -2.36. The zero-order valence-corrected chi connectivity index (χ0v) is 25.8. The Morgan fingerprint density at radius 1 is 1.05 bits per heavy atom. The van der Waals surface area contributed by atoms with Gasteiger partial charge in [0.05, 0.1) is 11.2 Å². The Morgan fingerprint density at radius 3 is 2.21 bits per heavy atom. The van der Waals surface area contributed by atoms with E-state index in [0.717, 1.165) is 53.4 Å². The first-order valence-electron chi connectivity index (χ1n) is 14.3. The predicted molar refractivity (Wildman–Crippen MR) is 160 cm³/mol. The summed E-state index contributed by atoms with van der Waals surface area (Å²) < 4.78 is 40.4. The van der Waals surface area contributed by atoms with Crippen molar-refractivity contribution >= 4 is 12.6 Å². The molecule has 214 valence electrons. The zero-order chi connectivity index (χ0) is 29.2. The second kappa shape index (κ2) is 12.2. The fraction of sp³-hybridized carbons (Fsp3) is 0.576. The minimum Gasteiger partial charge on any atom is -0.467 e. The molecule has 0 aromatic heterocycles. The Bertz CT molecular complexity index is 1160. The van der Waals surface area contributed by atoms with Crippen LogP contribution in [0.4, 0.5) is 4.39 Å². The standard InChI is InChI=1S/C33H48BFO4/c1-12-16-33(13-2,20-22(3)4)28-19-25(35)18-27(30(28)37-21-36-11)26-15-14-24(23(5)6)17-29(26)34-38-31(7,8)32(9,10)39-34/h14-15,17-19,23H,3,12-13,16,20-21H2,1-2,4-11H3. The van der Waals surface area contributed by atoms with Crippen LogP contribution in [-0.4, -0.2) is 32.2 Å². The number of ether oxygens (including phenoxy) is 2. The first-order valence-corrected chi connectivity index (χ1v) is 14.3. The fourth-order valence-corrected chi connectivity index (χ4v) is 5.68. The van der Waals surface area contributed by atoms with Crippen LogP contribution < -0.4 is 10.2 Å². The smallest absolute Gasteiger partial charge is 0.467 e. The third kappa shape index (κ3) is 6.44. The van der Waals surface area contributed by atoms with Crippen LogP contribution in [0.3, 0.4) is 0 Å². The van der Waals surface area contributed by atoms with Crippen LogP contribution in [0.1, 0.15) is 105 Å². The lowest BCUT2D eigenvalue weighted by Crippen LogP contribution is -2.41. The molecule has 1 aliphatic heterocycles. The summed E-state index contributed by atoms with van der Waals surface area (Å²) in [5.41, 5.74) is 4.13. The molecule has 1 heterocycles. The quantitative estimate of drug-likeness (QED) is 0.155. The largest absolute Gasteiger partial charge is 0.495 e. The molecule has 0 aliphatic carbocycles. The topological polar surface area (TPSA) is 36.9 Å². The number of rotatable bonds is 12. The van der Waals surface area contributed by atoms with Gasteiger partial charge in [-0.05, 0) is 88.5 Å². The molecule has 3 rings (SSSR count). The highest BCUT2D eigenvalue weighted by molar-refractivity contribution is 6.64. The summed E-state index contributed by atoms with van der Waals surface area (Å²) in [6.07, 6.45) is 3.42. The van der Waals surface area contributed by atoms with E-state index in [1.165, 1.54) is 0 Å². The maximum Gasteiger partial charge on any atom is 0.495 e. The first kappa shape index (κ1) is 31.4. The van der Waals surface area contributed by atoms with E-state index in [0.29, 0.717) is 17.2 Å². The van der Waals surface area contributed by atoms with E-state index in [9.17, 15) is 0 Å². The van der Waals surface area contributed by atoms with Crippen molar-refractivity contribution in [2.45, 2.75) is 111 Å². The molecule has 1 aliphatic rings. The number of benzene rings is 2. The summed E-state index contributed by atoms with van der Waals surface area (Å²) in [6, 6.07) is 9.51. The van der Waals surface area contributed by atoms with Crippen molar-refractivity contribution in [1.29, 1.82) is 0 Å². The van der Waals surface area contributed by atoms with Crippen LogP contribution >= 0.6 is 0 Å². The summed E-state index contributed by atoms with van der Waals surface area (Å²) in [4.78, 5) is 0. The van der Waals surface area contributed by atoms with Gasteiger partial charge in [-0.25, -0.2) is 4.39 Å². The molecule has 0 amide bonds. The van der Waals surface area contributed by atoms with Crippen molar-refractivity contribution in [1.82, 2.24) is 0 Å². The average molecular weight is 539 g/mol. The van der Waals surface area contributed by atoms with E-state index in [-0.39, 0.29) is 18.0 Å². The van der Waals surface area contributed by atoms with Gasteiger partial charge in [0.2, 0.25) is 0 Å². The van der Waals surface area contributed by atoms with Gasteiger partial charge in [-0.15, -0.1) is 6.58 Å². The predicted octanol–water partition coefficient (Wildman–Crippen LogP) is 8.31. The van der Waals surface area contributed by atoms with Crippen LogP contribution in [-0.2, 0) is 19.5 Å². The second-order valence-corrected chi connectivity index (χ2v) is 12.5. The minimum atomic E-state index is -0.604. The van der Waals surface area contributed by atoms with Gasteiger partial charge in [0.25, 0.3) is 0 Å². The average Bonchev–Trinajstić information content (AvgIpc) is 3.08. The van der Waals surface area contributed by atoms with E-state index in [4.69, 9.17) is 18.8 Å². The molecule has 1 saturated heterocycles. The molecule has 39 heavy (non-hydrogen) atoms. The summed E-state index contributed by atoms with van der Waals surface area (Å²) >= 11 is 0. The number of halogens is 1. The van der Waals surface area contributed by atoms with Crippen molar-refractivity contribution in [2.75, 3.05) is 13.9 Å².